The second kappa shape index (κ2) is 10.7. The highest BCUT2D eigenvalue weighted by Crippen LogP contribution is 2.27. The third-order valence-corrected chi connectivity index (χ3v) is 6.82. The number of aromatic nitrogens is 1. The fourth-order valence-electron chi connectivity index (χ4n) is 4.05. The Bertz CT molecular complexity index is 1280. The molecule has 1 fully saturated rings. The first-order chi connectivity index (χ1) is 17.2. The molecule has 0 spiro atoms. The molecule has 2 heterocycles. The van der Waals surface area contributed by atoms with Crippen molar-refractivity contribution < 1.29 is 18.7 Å². The van der Waals surface area contributed by atoms with Crippen molar-refractivity contribution in [1.82, 2.24) is 9.88 Å². The fourth-order valence-corrected chi connectivity index (χ4v) is 4.89. The van der Waals surface area contributed by atoms with Crippen LogP contribution in [0.1, 0.15) is 15.9 Å². The van der Waals surface area contributed by atoms with E-state index in [9.17, 15) is 9.59 Å². The van der Waals surface area contributed by atoms with Crippen LogP contribution >= 0.6 is 11.8 Å². The highest BCUT2D eigenvalue weighted by Gasteiger charge is 2.23. The molecule has 0 radical (unpaired) electrons. The second-order valence-electron chi connectivity index (χ2n) is 8.17. The molecule has 0 atom stereocenters. The lowest BCUT2D eigenvalue weighted by molar-refractivity contribution is -0.134. The van der Waals surface area contributed by atoms with Crippen molar-refractivity contribution in [2.75, 3.05) is 37.7 Å². The van der Waals surface area contributed by atoms with Gasteiger partial charge in [0.05, 0.1) is 5.56 Å². The van der Waals surface area contributed by atoms with Crippen LogP contribution in [-0.2, 0) is 15.3 Å². The molecule has 1 aliphatic rings. The smallest absolute Gasteiger partial charge is 0.338 e. The summed E-state index contributed by atoms with van der Waals surface area (Å²) in [7, 11) is 0. The summed E-state index contributed by atoms with van der Waals surface area (Å²) in [4.78, 5) is 33.9. The standard InChI is InChI=1S/C27H25N3O4S/c31-25(30-16-14-29(15-17-30)21-9-2-1-3-10-21)18-33-26(32)22-11-5-4-8-20(22)19-35-27-28-23-12-6-7-13-24(23)34-27/h1-13H,14-19H2. The Hall–Kier alpha value is -3.78. The first kappa shape index (κ1) is 23.0. The highest BCUT2D eigenvalue weighted by molar-refractivity contribution is 7.98. The third kappa shape index (κ3) is 5.49. The molecule has 1 amide bonds. The lowest BCUT2D eigenvalue weighted by Gasteiger charge is -2.36. The molecular weight excluding hydrogens is 462 g/mol. The molecule has 1 aliphatic heterocycles. The number of piperazine rings is 1. The molecule has 35 heavy (non-hydrogen) atoms. The van der Waals surface area contributed by atoms with Crippen molar-refractivity contribution in [3.8, 4) is 0 Å². The number of benzene rings is 3. The molecule has 0 N–H and O–H groups in total. The van der Waals surface area contributed by atoms with E-state index in [4.69, 9.17) is 9.15 Å². The van der Waals surface area contributed by atoms with Gasteiger partial charge in [-0.05, 0) is 35.9 Å². The van der Waals surface area contributed by atoms with Crippen LogP contribution in [0.15, 0.2) is 88.5 Å². The van der Waals surface area contributed by atoms with Crippen LogP contribution in [0, 0.1) is 0 Å². The molecular formula is C27H25N3O4S. The second-order valence-corrected chi connectivity index (χ2v) is 9.10. The predicted molar refractivity (Wildman–Crippen MR) is 136 cm³/mol. The average Bonchev–Trinajstić information content (AvgIpc) is 3.34. The summed E-state index contributed by atoms with van der Waals surface area (Å²) in [6.07, 6.45) is 0. The van der Waals surface area contributed by atoms with Gasteiger partial charge in [0.2, 0.25) is 0 Å². The summed E-state index contributed by atoms with van der Waals surface area (Å²) in [5.41, 5.74) is 3.92. The van der Waals surface area contributed by atoms with Gasteiger partial charge in [0.15, 0.2) is 12.2 Å². The number of ether oxygens (including phenoxy) is 1. The van der Waals surface area contributed by atoms with Crippen molar-refractivity contribution in [2.45, 2.75) is 11.0 Å². The Kier molecular flexibility index (Phi) is 6.99. The topological polar surface area (TPSA) is 75.9 Å². The number of carbonyl (C=O) groups excluding carboxylic acids is 2. The number of oxazole rings is 1. The van der Waals surface area contributed by atoms with Crippen LogP contribution in [-0.4, -0.2) is 54.5 Å². The van der Waals surface area contributed by atoms with Gasteiger partial charge < -0.3 is 19.0 Å². The quantitative estimate of drug-likeness (QED) is 0.278. The summed E-state index contributed by atoms with van der Waals surface area (Å²) < 4.78 is 11.2. The maximum absolute atomic E-state index is 12.8. The zero-order chi connectivity index (χ0) is 24.0. The SMILES string of the molecule is O=C(OCC(=O)N1CCN(c2ccccc2)CC1)c1ccccc1CSc1nc2ccccc2o1. The summed E-state index contributed by atoms with van der Waals surface area (Å²) in [6.45, 7) is 2.43. The van der Waals surface area contributed by atoms with E-state index in [1.54, 1.807) is 17.0 Å². The van der Waals surface area contributed by atoms with Crippen molar-refractivity contribution in [3.63, 3.8) is 0 Å². The molecule has 0 bridgehead atoms. The number of esters is 1. The number of hydrogen-bond donors (Lipinski definition) is 0. The number of rotatable bonds is 7. The van der Waals surface area contributed by atoms with Crippen LogP contribution in [0.3, 0.4) is 0 Å². The van der Waals surface area contributed by atoms with E-state index >= 15 is 0 Å². The van der Waals surface area contributed by atoms with Crippen molar-refractivity contribution in [3.05, 3.63) is 90.0 Å². The fraction of sp³-hybridized carbons (Fsp3) is 0.222. The Labute approximate surface area is 207 Å². The number of anilines is 1. The maximum Gasteiger partial charge on any atom is 0.338 e. The molecule has 1 aromatic heterocycles. The highest BCUT2D eigenvalue weighted by atomic mass is 32.2. The zero-order valence-electron chi connectivity index (χ0n) is 19.1. The van der Waals surface area contributed by atoms with Gasteiger partial charge in [-0.3, -0.25) is 4.79 Å². The van der Waals surface area contributed by atoms with Crippen molar-refractivity contribution in [1.29, 1.82) is 0 Å². The summed E-state index contributed by atoms with van der Waals surface area (Å²) in [5, 5.41) is 0.541. The molecule has 4 aromatic rings. The van der Waals surface area contributed by atoms with Crippen LogP contribution in [0.25, 0.3) is 11.1 Å². The van der Waals surface area contributed by atoms with Gasteiger partial charge in [0.25, 0.3) is 11.1 Å². The zero-order valence-corrected chi connectivity index (χ0v) is 19.9. The maximum atomic E-state index is 12.8. The molecule has 0 saturated carbocycles. The minimum absolute atomic E-state index is 0.176. The van der Waals surface area contributed by atoms with E-state index in [2.05, 4.69) is 22.0 Å². The van der Waals surface area contributed by atoms with Crippen molar-refractivity contribution >= 4 is 40.4 Å². The van der Waals surface area contributed by atoms with Gasteiger partial charge in [-0.2, -0.15) is 0 Å². The Balaban J connectivity index is 1.14. The monoisotopic (exact) mass is 487 g/mol. The molecule has 0 aliphatic carbocycles. The number of nitrogens with zero attached hydrogens (tertiary/aromatic N) is 3. The molecule has 8 heteroatoms. The van der Waals surface area contributed by atoms with Crippen LogP contribution in [0.5, 0.6) is 0 Å². The van der Waals surface area contributed by atoms with Crippen molar-refractivity contribution in [2.24, 2.45) is 0 Å². The predicted octanol–water partition coefficient (Wildman–Crippen LogP) is 4.63. The normalized spacial score (nSPS) is 13.7. The lowest BCUT2D eigenvalue weighted by atomic mass is 10.1. The number of carbonyl (C=O) groups is 2. The summed E-state index contributed by atoms with van der Waals surface area (Å²) in [5.74, 6) is -0.188. The largest absolute Gasteiger partial charge is 0.452 e. The number of para-hydroxylation sites is 3. The number of fused-ring (bicyclic) bond motifs is 1. The van der Waals surface area contributed by atoms with E-state index in [1.807, 2.05) is 54.6 Å². The van der Waals surface area contributed by atoms with E-state index in [1.165, 1.54) is 11.8 Å². The van der Waals surface area contributed by atoms with Gasteiger partial charge in [0, 0.05) is 37.6 Å². The van der Waals surface area contributed by atoms with Gasteiger partial charge in [-0.15, -0.1) is 0 Å². The molecule has 1 saturated heterocycles. The van der Waals surface area contributed by atoms with Gasteiger partial charge in [-0.1, -0.05) is 60.3 Å². The first-order valence-electron chi connectivity index (χ1n) is 11.5. The van der Waals surface area contributed by atoms with Crippen LogP contribution in [0.2, 0.25) is 0 Å². The summed E-state index contributed by atoms with van der Waals surface area (Å²) >= 11 is 1.41. The molecule has 0 unspecified atom stereocenters. The molecule has 3 aromatic carbocycles. The van der Waals surface area contributed by atoms with E-state index in [-0.39, 0.29) is 12.5 Å². The van der Waals surface area contributed by atoms with Crippen LogP contribution in [0.4, 0.5) is 5.69 Å². The average molecular weight is 488 g/mol. The Morgan fingerprint density at radius 1 is 0.886 bits per heavy atom. The number of hydrogen-bond acceptors (Lipinski definition) is 7. The number of thioether (sulfide) groups is 1. The minimum Gasteiger partial charge on any atom is -0.452 e. The third-order valence-electron chi connectivity index (χ3n) is 5.94. The Morgan fingerprint density at radius 3 is 2.40 bits per heavy atom. The minimum atomic E-state index is -0.505. The van der Waals surface area contributed by atoms with Gasteiger partial charge in [0.1, 0.15) is 5.52 Å². The van der Waals surface area contributed by atoms with Crippen LogP contribution < -0.4 is 4.90 Å². The lowest BCUT2D eigenvalue weighted by Crippen LogP contribution is -2.49. The first-order valence-corrected chi connectivity index (χ1v) is 12.5. The van der Waals surface area contributed by atoms with E-state index in [0.717, 1.165) is 35.4 Å². The van der Waals surface area contributed by atoms with E-state index in [0.29, 0.717) is 29.6 Å². The van der Waals surface area contributed by atoms with Gasteiger partial charge in [-0.25, -0.2) is 9.78 Å². The molecule has 7 nitrogen and oxygen atoms in total. The molecule has 5 rings (SSSR count). The van der Waals surface area contributed by atoms with Gasteiger partial charge >= 0.3 is 5.97 Å². The van der Waals surface area contributed by atoms with E-state index < -0.39 is 5.97 Å². The number of amides is 1. The molecule has 178 valence electrons. The summed E-state index contributed by atoms with van der Waals surface area (Å²) in [6, 6.07) is 25.0. The Morgan fingerprint density at radius 2 is 1.60 bits per heavy atom.